The van der Waals surface area contributed by atoms with Crippen LogP contribution in [0.4, 0.5) is 0 Å². The Kier molecular flexibility index (Phi) is 6.68. The van der Waals surface area contributed by atoms with Gasteiger partial charge in [0, 0.05) is 23.2 Å². The van der Waals surface area contributed by atoms with Gasteiger partial charge in [-0.2, -0.15) is 0 Å². The van der Waals surface area contributed by atoms with Crippen LogP contribution in [0.5, 0.6) is 5.75 Å². The Morgan fingerprint density at radius 3 is 2.67 bits per heavy atom. The van der Waals surface area contributed by atoms with Gasteiger partial charge >= 0.3 is 0 Å². The minimum Gasteiger partial charge on any atom is -0.491 e. The van der Waals surface area contributed by atoms with Gasteiger partial charge in [-0.15, -0.1) is 0 Å². The van der Waals surface area contributed by atoms with Crippen molar-refractivity contribution in [2.45, 2.75) is 32.9 Å². The van der Waals surface area contributed by atoms with Crippen LogP contribution in [0.2, 0.25) is 0 Å². The molecule has 0 aliphatic carbocycles. The summed E-state index contributed by atoms with van der Waals surface area (Å²) in [5, 5.41) is 3.40. The normalized spacial score (nSPS) is 14.3. The third-order valence-corrected chi connectivity index (χ3v) is 3.32. The molecule has 0 spiro atoms. The van der Waals surface area contributed by atoms with E-state index in [2.05, 4.69) is 41.2 Å². The van der Waals surface area contributed by atoms with Crippen molar-refractivity contribution in [3.05, 3.63) is 28.2 Å². The first-order chi connectivity index (χ1) is 8.58. The Bertz CT molecular complexity index is 371. The lowest BCUT2D eigenvalue weighted by atomic mass is 10.1. The molecule has 3 nitrogen and oxygen atoms in total. The molecule has 4 heteroatoms. The SMILES string of the molecule is CCNC(C)c1ccc(Br)cc1OCC(C)OC. The van der Waals surface area contributed by atoms with E-state index in [0.29, 0.717) is 6.61 Å². The molecule has 0 aromatic heterocycles. The van der Waals surface area contributed by atoms with Gasteiger partial charge in [0.05, 0.1) is 6.10 Å². The maximum absolute atomic E-state index is 5.84. The second-order valence-electron chi connectivity index (χ2n) is 4.32. The molecule has 0 aliphatic rings. The average Bonchev–Trinajstić information content (AvgIpc) is 2.36. The zero-order valence-electron chi connectivity index (χ0n) is 11.5. The largest absolute Gasteiger partial charge is 0.491 e. The molecule has 2 atom stereocenters. The number of ether oxygens (including phenoxy) is 2. The highest BCUT2D eigenvalue weighted by Gasteiger charge is 2.12. The summed E-state index contributed by atoms with van der Waals surface area (Å²) in [4.78, 5) is 0. The van der Waals surface area contributed by atoms with E-state index in [1.165, 1.54) is 5.56 Å². The van der Waals surface area contributed by atoms with Crippen molar-refractivity contribution < 1.29 is 9.47 Å². The van der Waals surface area contributed by atoms with Crippen molar-refractivity contribution >= 4 is 15.9 Å². The molecule has 0 amide bonds. The molecule has 0 aliphatic heterocycles. The highest BCUT2D eigenvalue weighted by atomic mass is 79.9. The summed E-state index contributed by atoms with van der Waals surface area (Å²) >= 11 is 3.48. The molecular formula is C14H22BrNO2. The predicted molar refractivity (Wildman–Crippen MR) is 78.2 cm³/mol. The van der Waals surface area contributed by atoms with Gasteiger partial charge in [-0.1, -0.05) is 28.9 Å². The topological polar surface area (TPSA) is 30.5 Å². The number of rotatable bonds is 7. The van der Waals surface area contributed by atoms with Crippen LogP contribution in [0.25, 0.3) is 0 Å². The number of hydrogen-bond donors (Lipinski definition) is 1. The zero-order chi connectivity index (χ0) is 13.5. The fourth-order valence-electron chi connectivity index (χ4n) is 1.68. The van der Waals surface area contributed by atoms with E-state index < -0.39 is 0 Å². The Morgan fingerprint density at radius 1 is 1.33 bits per heavy atom. The summed E-state index contributed by atoms with van der Waals surface area (Å²) in [5.41, 5.74) is 1.17. The minimum atomic E-state index is 0.0891. The van der Waals surface area contributed by atoms with Crippen LogP contribution in [0.15, 0.2) is 22.7 Å². The van der Waals surface area contributed by atoms with Gasteiger partial charge < -0.3 is 14.8 Å². The minimum absolute atomic E-state index is 0.0891. The Morgan fingerprint density at radius 2 is 2.06 bits per heavy atom. The molecule has 1 aromatic carbocycles. The molecule has 0 radical (unpaired) electrons. The molecular weight excluding hydrogens is 294 g/mol. The summed E-state index contributed by atoms with van der Waals surface area (Å²) in [5.74, 6) is 0.904. The number of halogens is 1. The zero-order valence-corrected chi connectivity index (χ0v) is 13.1. The van der Waals surface area contributed by atoms with Crippen molar-refractivity contribution in [1.82, 2.24) is 5.32 Å². The molecule has 0 saturated carbocycles. The van der Waals surface area contributed by atoms with Crippen molar-refractivity contribution in [2.24, 2.45) is 0 Å². The summed E-state index contributed by atoms with van der Waals surface area (Å²) in [6.45, 7) is 7.72. The van der Waals surface area contributed by atoms with Crippen molar-refractivity contribution in [3.63, 3.8) is 0 Å². The van der Waals surface area contributed by atoms with E-state index in [1.54, 1.807) is 7.11 Å². The summed E-state index contributed by atoms with van der Waals surface area (Å²) in [7, 11) is 1.69. The summed E-state index contributed by atoms with van der Waals surface area (Å²) < 4.78 is 12.1. The van der Waals surface area contributed by atoms with Gasteiger partial charge in [-0.25, -0.2) is 0 Å². The molecule has 1 N–H and O–H groups in total. The van der Waals surface area contributed by atoms with Crippen LogP contribution in [-0.4, -0.2) is 26.4 Å². The number of benzene rings is 1. The van der Waals surface area contributed by atoms with E-state index >= 15 is 0 Å². The molecule has 0 heterocycles. The second kappa shape index (κ2) is 7.77. The monoisotopic (exact) mass is 315 g/mol. The van der Waals surface area contributed by atoms with E-state index in [-0.39, 0.29) is 12.1 Å². The van der Waals surface area contributed by atoms with Crippen LogP contribution in [0.1, 0.15) is 32.4 Å². The third kappa shape index (κ3) is 4.59. The van der Waals surface area contributed by atoms with Gasteiger partial charge in [0.15, 0.2) is 0 Å². The van der Waals surface area contributed by atoms with Gasteiger partial charge in [-0.3, -0.25) is 0 Å². The van der Waals surface area contributed by atoms with Crippen molar-refractivity contribution in [1.29, 1.82) is 0 Å². The molecule has 0 fully saturated rings. The predicted octanol–water partition coefficient (Wildman–Crippen LogP) is 3.53. The van der Waals surface area contributed by atoms with E-state index in [0.717, 1.165) is 16.8 Å². The average molecular weight is 316 g/mol. The lowest BCUT2D eigenvalue weighted by Gasteiger charge is -2.19. The molecule has 2 unspecified atom stereocenters. The van der Waals surface area contributed by atoms with Crippen LogP contribution in [-0.2, 0) is 4.74 Å². The van der Waals surface area contributed by atoms with Crippen LogP contribution >= 0.6 is 15.9 Å². The van der Waals surface area contributed by atoms with Gasteiger partial charge in [0.1, 0.15) is 12.4 Å². The van der Waals surface area contributed by atoms with Gasteiger partial charge in [0.25, 0.3) is 0 Å². The van der Waals surface area contributed by atoms with Crippen molar-refractivity contribution in [2.75, 3.05) is 20.3 Å². The highest BCUT2D eigenvalue weighted by molar-refractivity contribution is 9.10. The Hall–Kier alpha value is -0.580. The lowest BCUT2D eigenvalue weighted by Crippen LogP contribution is -2.20. The van der Waals surface area contributed by atoms with E-state index in [4.69, 9.17) is 9.47 Å². The smallest absolute Gasteiger partial charge is 0.125 e. The van der Waals surface area contributed by atoms with Crippen LogP contribution in [0.3, 0.4) is 0 Å². The van der Waals surface area contributed by atoms with Gasteiger partial charge in [-0.05, 0) is 32.5 Å². The van der Waals surface area contributed by atoms with Crippen molar-refractivity contribution in [3.8, 4) is 5.75 Å². The highest BCUT2D eigenvalue weighted by Crippen LogP contribution is 2.28. The fraction of sp³-hybridized carbons (Fsp3) is 0.571. The van der Waals surface area contributed by atoms with Crippen LogP contribution < -0.4 is 10.1 Å². The fourth-order valence-corrected chi connectivity index (χ4v) is 2.02. The number of hydrogen-bond acceptors (Lipinski definition) is 3. The standard InChI is InChI=1S/C14H22BrNO2/c1-5-16-11(3)13-7-6-12(15)8-14(13)18-9-10(2)17-4/h6-8,10-11,16H,5,9H2,1-4H3. The lowest BCUT2D eigenvalue weighted by molar-refractivity contribution is 0.0711. The first-order valence-corrected chi connectivity index (χ1v) is 7.06. The van der Waals surface area contributed by atoms with E-state index in [9.17, 15) is 0 Å². The Balaban J connectivity index is 2.82. The summed E-state index contributed by atoms with van der Waals surface area (Å²) in [6, 6.07) is 6.40. The van der Waals surface area contributed by atoms with Crippen LogP contribution in [0, 0.1) is 0 Å². The molecule has 102 valence electrons. The first-order valence-electron chi connectivity index (χ1n) is 6.26. The quantitative estimate of drug-likeness (QED) is 0.835. The van der Waals surface area contributed by atoms with Gasteiger partial charge in [0.2, 0.25) is 0 Å². The molecule has 18 heavy (non-hydrogen) atoms. The van der Waals surface area contributed by atoms with E-state index in [1.807, 2.05) is 19.1 Å². The molecule has 1 rings (SSSR count). The maximum atomic E-state index is 5.84. The number of nitrogens with one attached hydrogen (secondary N) is 1. The molecule has 0 bridgehead atoms. The number of methoxy groups -OCH3 is 1. The maximum Gasteiger partial charge on any atom is 0.125 e. The molecule has 0 saturated heterocycles. The second-order valence-corrected chi connectivity index (χ2v) is 5.23. The molecule has 1 aromatic rings. The Labute approximate surface area is 118 Å². The third-order valence-electron chi connectivity index (χ3n) is 2.83. The summed E-state index contributed by atoms with van der Waals surface area (Å²) in [6.07, 6.45) is 0.0891. The first kappa shape index (κ1) is 15.5.